The van der Waals surface area contributed by atoms with Gasteiger partial charge in [0.15, 0.2) is 0 Å². The molecule has 148 valence electrons. The lowest BCUT2D eigenvalue weighted by molar-refractivity contribution is -0.129. The third-order valence-electron chi connectivity index (χ3n) is 5.74. The SMILES string of the molecule is Cc1ccc(CN2CC(C(=O)NC(C)CN3CCCC(C)C3)CC2=O)cc1. The molecule has 0 saturated carbocycles. The summed E-state index contributed by atoms with van der Waals surface area (Å²) in [7, 11) is 0. The van der Waals surface area contributed by atoms with Gasteiger partial charge in [-0.2, -0.15) is 0 Å². The molecule has 2 amide bonds. The number of benzene rings is 1. The van der Waals surface area contributed by atoms with Crippen LogP contribution in [0.15, 0.2) is 24.3 Å². The molecule has 2 heterocycles. The van der Waals surface area contributed by atoms with Crippen molar-refractivity contribution in [2.75, 3.05) is 26.2 Å². The first kappa shape index (κ1) is 19.9. The molecular formula is C22H33N3O2. The molecule has 0 spiro atoms. The zero-order valence-corrected chi connectivity index (χ0v) is 16.9. The van der Waals surface area contributed by atoms with Crippen molar-refractivity contribution < 1.29 is 9.59 Å². The minimum Gasteiger partial charge on any atom is -0.352 e. The molecule has 27 heavy (non-hydrogen) atoms. The first-order chi connectivity index (χ1) is 12.9. The van der Waals surface area contributed by atoms with E-state index >= 15 is 0 Å². The van der Waals surface area contributed by atoms with Crippen molar-refractivity contribution in [3.8, 4) is 0 Å². The van der Waals surface area contributed by atoms with Crippen LogP contribution in [0.25, 0.3) is 0 Å². The number of nitrogens with one attached hydrogen (secondary N) is 1. The van der Waals surface area contributed by atoms with Crippen LogP contribution in [0.2, 0.25) is 0 Å². The summed E-state index contributed by atoms with van der Waals surface area (Å²) in [6.07, 6.45) is 2.87. The molecule has 0 aliphatic carbocycles. The standard InChI is InChI=1S/C22H33N3O2/c1-16-6-8-19(9-7-16)14-25-15-20(11-21(25)26)22(27)23-18(3)13-24-10-4-5-17(2)12-24/h6-9,17-18,20H,4-5,10-15H2,1-3H3,(H,23,27). The van der Waals surface area contributed by atoms with Crippen molar-refractivity contribution in [3.05, 3.63) is 35.4 Å². The van der Waals surface area contributed by atoms with Crippen LogP contribution < -0.4 is 5.32 Å². The topological polar surface area (TPSA) is 52.7 Å². The van der Waals surface area contributed by atoms with Crippen LogP contribution in [-0.4, -0.2) is 53.8 Å². The normalized spacial score (nSPS) is 24.9. The van der Waals surface area contributed by atoms with E-state index in [0.29, 0.717) is 19.5 Å². The largest absolute Gasteiger partial charge is 0.352 e. The highest BCUT2D eigenvalue weighted by Crippen LogP contribution is 2.21. The molecule has 1 aromatic carbocycles. The molecule has 0 aromatic heterocycles. The van der Waals surface area contributed by atoms with Gasteiger partial charge in [0.05, 0.1) is 5.92 Å². The summed E-state index contributed by atoms with van der Waals surface area (Å²) in [5.74, 6) is 0.607. The first-order valence-electron chi connectivity index (χ1n) is 10.3. The number of nitrogens with zero attached hydrogens (tertiary/aromatic N) is 2. The Hall–Kier alpha value is -1.88. The summed E-state index contributed by atoms with van der Waals surface area (Å²) in [5.41, 5.74) is 2.32. The molecule has 5 heteroatoms. The van der Waals surface area contributed by atoms with E-state index in [2.05, 4.69) is 55.3 Å². The first-order valence-corrected chi connectivity index (χ1v) is 10.3. The van der Waals surface area contributed by atoms with E-state index in [1.54, 1.807) is 0 Å². The second-order valence-corrected chi connectivity index (χ2v) is 8.58. The van der Waals surface area contributed by atoms with E-state index in [1.165, 1.54) is 18.4 Å². The number of amides is 2. The van der Waals surface area contributed by atoms with E-state index in [9.17, 15) is 9.59 Å². The van der Waals surface area contributed by atoms with Gasteiger partial charge in [-0.05, 0) is 44.7 Å². The zero-order valence-electron chi connectivity index (χ0n) is 16.9. The third-order valence-corrected chi connectivity index (χ3v) is 5.74. The lowest BCUT2D eigenvalue weighted by Gasteiger charge is -2.33. The fourth-order valence-corrected chi connectivity index (χ4v) is 4.26. The van der Waals surface area contributed by atoms with Crippen molar-refractivity contribution in [2.45, 2.75) is 52.6 Å². The average molecular weight is 372 g/mol. The van der Waals surface area contributed by atoms with E-state index < -0.39 is 0 Å². The van der Waals surface area contributed by atoms with Crippen molar-refractivity contribution in [3.63, 3.8) is 0 Å². The van der Waals surface area contributed by atoms with Crippen LogP contribution in [-0.2, 0) is 16.1 Å². The molecule has 0 radical (unpaired) electrons. The smallest absolute Gasteiger partial charge is 0.225 e. The van der Waals surface area contributed by atoms with Crippen LogP contribution in [0, 0.1) is 18.8 Å². The van der Waals surface area contributed by atoms with Gasteiger partial charge in [-0.1, -0.05) is 36.8 Å². The molecule has 1 aromatic rings. The number of carbonyl (C=O) groups is 2. The lowest BCUT2D eigenvalue weighted by atomic mass is 10.00. The third kappa shape index (κ3) is 5.55. The minimum absolute atomic E-state index is 0.0207. The van der Waals surface area contributed by atoms with Gasteiger partial charge in [0.25, 0.3) is 0 Å². The van der Waals surface area contributed by atoms with Gasteiger partial charge in [-0.25, -0.2) is 0 Å². The van der Waals surface area contributed by atoms with Crippen LogP contribution in [0.5, 0.6) is 0 Å². The quantitative estimate of drug-likeness (QED) is 0.836. The molecule has 2 aliphatic rings. The summed E-state index contributed by atoms with van der Waals surface area (Å²) < 4.78 is 0. The van der Waals surface area contributed by atoms with Crippen molar-refractivity contribution in [2.24, 2.45) is 11.8 Å². The Balaban J connectivity index is 1.47. The summed E-state index contributed by atoms with van der Waals surface area (Å²) in [6.45, 7) is 10.7. The van der Waals surface area contributed by atoms with E-state index in [1.807, 2.05) is 4.90 Å². The lowest BCUT2D eigenvalue weighted by Crippen LogP contribution is -2.46. The molecule has 0 bridgehead atoms. The minimum atomic E-state index is -0.231. The fourth-order valence-electron chi connectivity index (χ4n) is 4.26. The molecule has 5 nitrogen and oxygen atoms in total. The van der Waals surface area contributed by atoms with E-state index in [4.69, 9.17) is 0 Å². The second-order valence-electron chi connectivity index (χ2n) is 8.58. The van der Waals surface area contributed by atoms with Crippen molar-refractivity contribution >= 4 is 11.8 Å². The van der Waals surface area contributed by atoms with Crippen LogP contribution >= 0.6 is 0 Å². The number of aryl methyl sites for hydroxylation is 1. The Morgan fingerprint density at radius 3 is 2.70 bits per heavy atom. The Morgan fingerprint density at radius 2 is 2.00 bits per heavy atom. The molecule has 3 atom stereocenters. The molecule has 2 saturated heterocycles. The maximum Gasteiger partial charge on any atom is 0.225 e. The summed E-state index contributed by atoms with van der Waals surface area (Å²) in [4.78, 5) is 29.2. The monoisotopic (exact) mass is 371 g/mol. The Kier molecular flexibility index (Phi) is 6.53. The number of piperidine rings is 1. The van der Waals surface area contributed by atoms with Gasteiger partial charge in [0.1, 0.15) is 0 Å². The van der Waals surface area contributed by atoms with Gasteiger partial charge in [-0.3, -0.25) is 9.59 Å². The number of hydrogen-bond acceptors (Lipinski definition) is 3. The molecule has 2 aliphatic heterocycles. The van der Waals surface area contributed by atoms with Crippen LogP contribution in [0.1, 0.15) is 44.2 Å². The molecule has 1 N–H and O–H groups in total. The summed E-state index contributed by atoms with van der Waals surface area (Å²) in [6, 6.07) is 8.34. The average Bonchev–Trinajstić information content (AvgIpc) is 2.98. The van der Waals surface area contributed by atoms with E-state index in [-0.39, 0.29) is 23.8 Å². The number of hydrogen-bond donors (Lipinski definition) is 1. The van der Waals surface area contributed by atoms with Gasteiger partial charge in [-0.15, -0.1) is 0 Å². The molecule has 3 rings (SSSR count). The van der Waals surface area contributed by atoms with Crippen LogP contribution in [0.4, 0.5) is 0 Å². The number of carbonyl (C=O) groups excluding carboxylic acids is 2. The maximum atomic E-state index is 12.6. The fraction of sp³-hybridized carbons (Fsp3) is 0.636. The zero-order chi connectivity index (χ0) is 19.4. The predicted molar refractivity (Wildman–Crippen MR) is 107 cm³/mol. The highest BCUT2D eigenvalue weighted by molar-refractivity contribution is 5.89. The van der Waals surface area contributed by atoms with Gasteiger partial charge >= 0.3 is 0 Å². The van der Waals surface area contributed by atoms with Crippen LogP contribution in [0.3, 0.4) is 0 Å². The van der Waals surface area contributed by atoms with Gasteiger partial charge < -0.3 is 15.1 Å². The Morgan fingerprint density at radius 1 is 1.26 bits per heavy atom. The van der Waals surface area contributed by atoms with Gasteiger partial charge in [0.2, 0.25) is 11.8 Å². The van der Waals surface area contributed by atoms with Gasteiger partial charge in [0, 0.05) is 38.6 Å². The molecular weight excluding hydrogens is 338 g/mol. The number of rotatable bonds is 6. The predicted octanol–water partition coefficient (Wildman–Crippen LogP) is 2.58. The molecule has 3 unspecified atom stereocenters. The highest BCUT2D eigenvalue weighted by Gasteiger charge is 2.34. The van der Waals surface area contributed by atoms with Crippen molar-refractivity contribution in [1.82, 2.24) is 15.1 Å². The highest BCUT2D eigenvalue weighted by atomic mass is 16.2. The Labute approximate surface area is 163 Å². The Bertz CT molecular complexity index is 658. The summed E-state index contributed by atoms with van der Waals surface area (Å²) in [5, 5.41) is 3.14. The summed E-state index contributed by atoms with van der Waals surface area (Å²) >= 11 is 0. The number of likely N-dealkylation sites (tertiary alicyclic amines) is 2. The maximum absolute atomic E-state index is 12.6. The van der Waals surface area contributed by atoms with Crippen molar-refractivity contribution in [1.29, 1.82) is 0 Å². The van der Waals surface area contributed by atoms with E-state index in [0.717, 1.165) is 31.1 Å². The second kappa shape index (κ2) is 8.87. The molecule has 2 fully saturated rings.